The van der Waals surface area contributed by atoms with Crippen LogP contribution in [-0.2, 0) is 27.1 Å². The quantitative estimate of drug-likeness (QED) is 0.165. The third-order valence-electron chi connectivity index (χ3n) is 19.7. The van der Waals surface area contributed by atoms with Crippen LogP contribution in [0.3, 0.4) is 0 Å². The van der Waals surface area contributed by atoms with Gasteiger partial charge in [-0.1, -0.05) is 201 Å². The fourth-order valence-corrected chi connectivity index (χ4v) is 16.1. The van der Waals surface area contributed by atoms with Crippen LogP contribution in [0.25, 0.3) is 87.0 Å². The Kier molecular flexibility index (Phi) is 11.8. The number of aromatic nitrogens is 2. The number of nitrogens with zero attached hydrogens (tertiary/aromatic N) is 4. The molecule has 0 saturated heterocycles. The van der Waals surface area contributed by atoms with Crippen LogP contribution in [0.1, 0.15) is 132 Å². The molecule has 7 heteroatoms. The zero-order chi connectivity index (χ0) is 61.7. The third-order valence-corrected chi connectivity index (χ3v) is 20.9. The molecule has 4 aromatic heterocycles. The lowest BCUT2D eigenvalue weighted by molar-refractivity contribution is 0.590. The first-order valence-electron chi connectivity index (χ1n) is 31.9. The van der Waals surface area contributed by atoms with Crippen LogP contribution in [0.5, 0.6) is 0 Å². The predicted molar refractivity (Wildman–Crippen MR) is 385 cm³/mol. The number of hydrogen-bond donors (Lipinski definition) is 0. The Bertz CT molecular complexity index is 5160. The summed E-state index contributed by atoms with van der Waals surface area (Å²) >= 11 is 1.97. The molecule has 0 fully saturated rings. The van der Waals surface area contributed by atoms with Gasteiger partial charge in [0.25, 0.3) is 6.71 Å². The Balaban J connectivity index is 1.11. The molecule has 0 atom stereocenters. The predicted octanol–water partition coefficient (Wildman–Crippen LogP) is 21.6. The molecule has 440 valence electrons. The Morgan fingerprint density at radius 1 is 0.348 bits per heavy atom. The van der Waals surface area contributed by atoms with Crippen molar-refractivity contribution >= 4 is 144 Å². The van der Waals surface area contributed by atoms with Crippen LogP contribution in [-0.4, -0.2) is 15.8 Å². The minimum absolute atomic E-state index is 0.0316. The molecule has 0 unspecified atom stereocenters. The van der Waals surface area contributed by atoms with E-state index in [0.717, 1.165) is 67.1 Å². The fourth-order valence-electron chi connectivity index (χ4n) is 14.8. The summed E-state index contributed by atoms with van der Waals surface area (Å²) in [5.41, 5.74) is 24.3. The van der Waals surface area contributed by atoms with Crippen LogP contribution in [0.2, 0.25) is 0 Å². The van der Waals surface area contributed by atoms with Gasteiger partial charge in [0.1, 0.15) is 5.58 Å². The zero-order valence-corrected chi connectivity index (χ0v) is 55.0. The summed E-state index contributed by atoms with van der Waals surface area (Å²) in [5, 5.41) is 8.43. The van der Waals surface area contributed by atoms with Crippen LogP contribution in [0.15, 0.2) is 199 Å². The van der Waals surface area contributed by atoms with Crippen molar-refractivity contribution in [2.45, 2.75) is 131 Å². The highest BCUT2D eigenvalue weighted by atomic mass is 32.1. The molecule has 5 nitrogen and oxygen atoms in total. The second-order valence-corrected chi connectivity index (χ2v) is 31.8. The van der Waals surface area contributed by atoms with E-state index in [1.165, 1.54) is 97.6 Å². The minimum atomic E-state index is -0.201. The average Bonchev–Trinajstić information content (AvgIpc) is 1.66. The molecule has 0 spiro atoms. The van der Waals surface area contributed by atoms with Crippen molar-refractivity contribution in [2.24, 2.45) is 0 Å². The van der Waals surface area contributed by atoms with Gasteiger partial charge in [-0.05, 0) is 163 Å². The fraction of sp³-hybridized carbons (Fsp3) is 0.244. The van der Waals surface area contributed by atoms with Gasteiger partial charge in [-0.15, -0.1) is 11.3 Å². The van der Waals surface area contributed by atoms with E-state index in [0.29, 0.717) is 0 Å². The lowest BCUT2D eigenvalue weighted by atomic mass is 9.36. The smallest absolute Gasteiger partial charge is 0.264 e. The maximum atomic E-state index is 7.56. The van der Waals surface area contributed by atoms with Gasteiger partial charge in [0.2, 0.25) is 0 Å². The summed E-state index contributed by atoms with van der Waals surface area (Å²) < 4.78 is 15.2. The molecular formula is C82H77BN4OS. The van der Waals surface area contributed by atoms with Crippen LogP contribution in [0.4, 0.5) is 34.1 Å². The SMILES string of the molecule is CC(C)(C)c1ccc(N2c3cc(-n4c5ccccc5c5ccccc54)cc4c3B(c3cc(-n5c6ccc(C(C)(C)C)cc6c6cc(C(C)(C)C)ccc65)c5oc6ccccc6c5c3N4c3ccc(C(C)(C)C)cc3)c3sc4ccc(C(C)(C)C)cc4c32)cc1. The second-order valence-electron chi connectivity index (χ2n) is 30.7. The van der Waals surface area contributed by atoms with Crippen molar-refractivity contribution in [1.29, 1.82) is 0 Å². The van der Waals surface area contributed by atoms with Gasteiger partial charge >= 0.3 is 0 Å². The molecule has 0 bridgehead atoms. The molecule has 14 aromatic rings. The summed E-state index contributed by atoms with van der Waals surface area (Å²) in [5.74, 6) is 0. The van der Waals surface area contributed by atoms with Gasteiger partial charge in [0.05, 0.1) is 50.2 Å². The zero-order valence-electron chi connectivity index (χ0n) is 54.2. The number of benzene rings is 10. The number of hydrogen-bond acceptors (Lipinski definition) is 4. The first-order valence-corrected chi connectivity index (χ1v) is 32.8. The van der Waals surface area contributed by atoms with Crippen molar-refractivity contribution in [2.75, 3.05) is 9.80 Å². The monoisotopic (exact) mass is 1180 g/mol. The summed E-state index contributed by atoms with van der Waals surface area (Å²) in [6, 6.07) is 75.0. The molecule has 10 aromatic carbocycles. The average molecular weight is 1180 g/mol. The van der Waals surface area contributed by atoms with Gasteiger partial charge in [-0.2, -0.15) is 0 Å². The van der Waals surface area contributed by atoms with E-state index in [2.05, 4.69) is 317 Å². The maximum Gasteiger partial charge on any atom is 0.264 e. The second kappa shape index (κ2) is 18.9. The van der Waals surface area contributed by atoms with Crippen molar-refractivity contribution in [1.82, 2.24) is 9.13 Å². The van der Waals surface area contributed by atoms with Crippen LogP contribution < -0.4 is 25.5 Å². The Morgan fingerprint density at radius 3 is 1.28 bits per heavy atom. The molecule has 0 saturated carbocycles. The van der Waals surface area contributed by atoms with Gasteiger partial charge in [-0.25, -0.2) is 0 Å². The molecule has 0 amide bonds. The molecule has 89 heavy (non-hydrogen) atoms. The minimum Gasteiger partial charge on any atom is -0.454 e. The number of thiophene rings is 1. The first kappa shape index (κ1) is 55.5. The Labute approximate surface area is 527 Å². The van der Waals surface area contributed by atoms with Crippen molar-refractivity contribution in [3.63, 3.8) is 0 Å². The van der Waals surface area contributed by atoms with E-state index in [1.807, 2.05) is 11.3 Å². The standard InChI is InChI=1S/C82H77BN4OS/c1-78(2,3)48-28-35-53(36-29-48)85-67-45-55(84-63-25-19-16-22-56(63)57-23-17-20-26-64(57)84)46-68-73(67)83(77-74(85)61-44-52(82(13,14)15)34-41-71(61)89-77)62-47-69(87-65-39-32-50(80(7,8)9)42-59(65)60-43-51(81(10,11)12)33-40-66(60)87)76-72(58-24-18-21-27-70(58)88-76)75(62)86(68)54-37-30-49(31-38-54)79(4,5)6/h16-47H,1-15H3. The molecule has 6 heterocycles. The lowest BCUT2D eigenvalue weighted by Gasteiger charge is -2.44. The highest BCUT2D eigenvalue weighted by Crippen LogP contribution is 2.54. The van der Waals surface area contributed by atoms with E-state index >= 15 is 0 Å². The largest absolute Gasteiger partial charge is 0.454 e. The molecule has 2 aliphatic rings. The molecule has 0 radical (unpaired) electrons. The number of furan rings is 1. The van der Waals surface area contributed by atoms with Gasteiger partial charge < -0.3 is 23.4 Å². The molecule has 16 rings (SSSR count). The van der Waals surface area contributed by atoms with E-state index in [1.54, 1.807) is 0 Å². The van der Waals surface area contributed by atoms with Crippen molar-refractivity contribution in [3.8, 4) is 11.4 Å². The summed E-state index contributed by atoms with van der Waals surface area (Å²) in [7, 11) is 0. The highest BCUT2D eigenvalue weighted by Gasteiger charge is 2.48. The Hall–Kier alpha value is -8.78. The first-order chi connectivity index (χ1) is 42.3. The van der Waals surface area contributed by atoms with E-state index < -0.39 is 0 Å². The normalized spacial score (nSPS) is 13.9. The topological polar surface area (TPSA) is 29.5 Å². The Morgan fingerprint density at radius 2 is 0.775 bits per heavy atom. The number of rotatable bonds is 4. The summed E-state index contributed by atoms with van der Waals surface area (Å²) in [6.45, 7) is 34.7. The number of fused-ring (bicyclic) bond motifs is 16. The van der Waals surface area contributed by atoms with Crippen LogP contribution in [0, 0.1) is 0 Å². The van der Waals surface area contributed by atoms with Crippen molar-refractivity contribution < 1.29 is 4.42 Å². The van der Waals surface area contributed by atoms with E-state index in [-0.39, 0.29) is 33.8 Å². The van der Waals surface area contributed by atoms with Gasteiger partial charge in [0, 0.05) is 64.5 Å². The van der Waals surface area contributed by atoms with E-state index in [4.69, 9.17) is 4.42 Å². The molecule has 0 aliphatic carbocycles. The number of anilines is 6. The van der Waals surface area contributed by atoms with Crippen molar-refractivity contribution in [3.05, 3.63) is 222 Å². The van der Waals surface area contributed by atoms with Gasteiger partial charge in [-0.3, -0.25) is 0 Å². The third kappa shape index (κ3) is 8.40. The summed E-state index contributed by atoms with van der Waals surface area (Å²) in [6.07, 6.45) is 0. The summed E-state index contributed by atoms with van der Waals surface area (Å²) in [4.78, 5) is 5.29. The van der Waals surface area contributed by atoms with E-state index in [9.17, 15) is 0 Å². The molecule has 0 N–H and O–H groups in total. The highest BCUT2D eigenvalue weighted by molar-refractivity contribution is 7.33. The molecule has 2 aliphatic heterocycles. The lowest BCUT2D eigenvalue weighted by Crippen LogP contribution is -2.60. The maximum absolute atomic E-state index is 7.56. The van der Waals surface area contributed by atoms with Gasteiger partial charge in [0.15, 0.2) is 5.58 Å². The number of para-hydroxylation sites is 3. The van der Waals surface area contributed by atoms with Crippen LogP contribution >= 0.6 is 11.3 Å². The molecular weight excluding hydrogens is 1100 g/mol.